The first-order chi connectivity index (χ1) is 11.9. The van der Waals surface area contributed by atoms with Crippen molar-refractivity contribution in [2.45, 2.75) is 50.0 Å². The van der Waals surface area contributed by atoms with Gasteiger partial charge in [-0.1, -0.05) is 18.6 Å². The van der Waals surface area contributed by atoms with Crippen molar-refractivity contribution in [3.05, 3.63) is 29.8 Å². The van der Waals surface area contributed by atoms with E-state index in [0.29, 0.717) is 37.4 Å². The van der Waals surface area contributed by atoms with E-state index >= 15 is 0 Å². The van der Waals surface area contributed by atoms with Crippen LogP contribution in [0.3, 0.4) is 0 Å². The van der Waals surface area contributed by atoms with Crippen molar-refractivity contribution in [3.63, 3.8) is 0 Å². The van der Waals surface area contributed by atoms with Gasteiger partial charge in [0.1, 0.15) is 0 Å². The number of sulfonamides is 1. The standard InChI is InChI=1S/C18H28N2O4S/c1-15(14-24-2)19-18(21)11-8-16-6-9-17(10-7-16)25(22,23)20-12-4-3-5-13-20/h6-7,9-10,15H,3-5,8,11-14H2,1-2H3,(H,19,21)/t15-/m1/s1. The number of carbonyl (C=O) groups excluding carboxylic acids is 1. The van der Waals surface area contributed by atoms with Crippen LogP contribution in [0.4, 0.5) is 0 Å². The van der Waals surface area contributed by atoms with Crippen molar-refractivity contribution < 1.29 is 17.9 Å². The lowest BCUT2D eigenvalue weighted by atomic mass is 10.1. The van der Waals surface area contributed by atoms with Gasteiger partial charge in [-0.15, -0.1) is 0 Å². The highest BCUT2D eigenvalue weighted by Gasteiger charge is 2.25. The van der Waals surface area contributed by atoms with Crippen LogP contribution in [0.25, 0.3) is 0 Å². The Kier molecular flexibility index (Phi) is 7.40. The van der Waals surface area contributed by atoms with Gasteiger partial charge in [0, 0.05) is 32.7 Å². The van der Waals surface area contributed by atoms with Crippen LogP contribution < -0.4 is 5.32 Å². The van der Waals surface area contributed by atoms with E-state index in [0.717, 1.165) is 24.8 Å². The van der Waals surface area contributed by atoms with E-state index in [-0.39, 0.29) is 11.9 Å². The van der Waals surface area contributed by atoms with Crippen molar-refractivity contribution in [2.24, 2.45) is 0 Å². The van der Waals surface area contributed by atoms with Gasteiger partial charge in [0.05, 0.1) is 11.5 Å². The Bertz CT molecular complexity index is 652. The van der Waals surface area contributed by atoms with Crippen LogP contribution in [0.2, 0.25) is 0 Å². The Hall–Kier alpha value is -1.44. The number of amides is 1. The Labute approximate surface area is 150 Å². The summed E-state index contributed by atoms with van der Waals surface area (Å²) in [7, 11) is -1.79. The minimum absolute atomic E-state index is 0.0189. The zero-order valence-electron chi connectivity index (χ0n) is 15.0. The Morgan fingerprint density at radius 2 is 1.84 bits per heavy atom. The first kappa shape index (κ1) is 19.9. The quantitative estimate of drug-likeness (QED) is 0.761. The molecule has 1 heterocycles. The fraction of sp³-hybridized carbons (Fsp3) is 0.611. The molecule has 0 saturated carbocycles. The summed E-state index contributed by atoms with van der Waals surface area (Å²) in [6, 6.07) is 6.86. The molecule has 2 rings (SSSR count). The Morgan fingerprint density at radius 1 is 1.20 bits per heavy atom. The van der Waals surface area contributed by atoms with Crippen LogP contribution >= 0.6 is 0 Å². The number of rotatable bonds is 8. The van der Waals surface area contributed by atoms with Crippen molar-refractivity contribution in [1.29, 1.82) is 0 Å². The molecule has 0 aliphatic carbocycles. The van der Waals surface area contributed by atoms with Gasteiger partial charge in [0.2, 0.25) is 15.9 Å². The average molecular weight is 368 g/mol. The summed E-state index contributed by atoms with van der Waals surface area (Å²) in [4.78, 5) is 12.2. The zero-order valence-corrected chi connectivity index (χ0v) is 15.8. The zero-order chi connectivity index (χ0) is 18.3. The highest BCUT2D eigenvalue weighted by molar-refractivity contribution is 7.89. The molecule has 0 aromatic heterocycles. The molecule has 0 spiro atoms. The van der Waals surface area contributed by atoms with Crippen LogP contribution in [-0.2, 0) is 26.0 Å². The Morgan fingerprint density at radius 3 is 2.44 bits per heavy atom. The minimum atomic E-state index is -3.39. The van der Waals surface area contributed by atoms with Gasteiger partial charge in [-0.3, -0.25) is 4.79 Å². The van der Waals surface area contributed by atoms with Gasteiger partial charge >= 0.3 is 0 Å². The molecule has 7 heteroatoms. The number of aryl methyl sites for hydroxylation is 1. The largest absolute Gasteiger partial charge is 0.383 e. The molecule has 1 N–H and O–H groups in total. The predicted molar refractivity (Wildman–Crippen MR) is 96.9 cm³/mol. The van der Waals surface area contributed by atoms with Crippen molar-refractivity contribution in [2.75, 3.05) is 26.8 Å². The van der Waals surface area contributed by atoms with Crippen LogP contribution in [-0.4, -0.2) is 51.5 Å². The molecule has 0 unspecified atom stereocenters. The minimum Gasteiger partial charge on any atom is -0.383 e. The molecule has 1 saturated heterocycles. The van der Waals surface area contributed by atoms with E-state index in [9.17, 15) is 13.2 Å². The monoisotopic (exact) mass is 368 g/mol. The lowest BCUT2D eigenvalue weighted by Crippen LogP contribution is -2.35. The number of hydrogen-bond acceptors (Lipinski definition) is 4. The molecule has 1 aliphatic heterocycles. The van der Waals surface area contributed by atoms with Gasteiger partial charge < -0.3 is 10.1 Å². The summed E-state index contributed by atoms with van der Waals surface area (Å²) in [6.45, 7) is 3.57. The highest BCUT2D eigenvalue weighted by atomic mass is 32.2. The van der Waals surface area contributed by atoms with Gasteiger partial charge in [-0.2, -0.15) is 4.31 Å². The molecule has 1 aromatic rings. The number of piperidine rings is 1. The molecular weight excluding hydrogens is 340 g/mol. The molecule has 6 nitrogen and oxygen atoms in total. The first-order valence-electron chi connectivity index (χ1n) is 8.81. The van der Waals surface area contributed by atoms with Gasteiger partial charge in [0.15, 0.2) is 0 Å². The number of methoxy groups -OCH3 is 1. The van der Waals surface area contributed by atoms with Gasteiger partial charge in [0.25, 0.3) is 0 Å². The van der Waals surface area contributed by atoms with Crippen LogP contribution in [0, 0.1) is 0 Å². The van der Waals surface area contributed by atoms with Gasteiger partial charge in [-0.25, -0.2) is 8.42 Å². The van der Waals surface area contributed by atoms with Crippen molar-refractivity contribution >= 4 is 15.9 Å². The van der Waals surface area contributed by atoms with E-state index in [2.05, 4.69) is 5.32 Å². The maximum absolute atomic E-state index is 12.6. The molecule has 1 aliphatic rings. The molecule has 0 radical (unpaired) electrons. The molecular formula is C18H28N2O4S. The van der Waals surface area contributed by atoms with E-state index in [4.69, 9.17) is 4.74 Å². The molecule has 140 valence electrons. The lowest BCUT2D eigenvalue weighted by Gasteiger charge is -2.25. The average Bonchev–Trinajstić information content (AvgIpc) is 2.61. The Balaban J connectivity index is 1.90. The second-order valence-electron chi connectivity index (χ2n) is 6.53. The van der Waals surface area contributed by atoms with Crippen molar-refractivity contribution in [3.8, 4) is 0 Å². The lowest BCUT2D eigenvalue weighted by molar-refractivity contribution is -0.122. The number of hydrogen-bond donors (Lipinski definition) is 1. The number of nitrogens with zero attached hydrogens (tertiary/aromatic N) is 1. The molecule has 25 heavy (non-hydrogen) atoms. The summed E-state index contributed by atoms with van der Waals surface area (Å²) in [5.41, 5.74) is 0.951. The molecule has 1 amide bonds. The van der Waals surface area contributed by atoms with Crippen LogP contribution in [0.1, 0.15) is 38.2 Å². The normalized spacial score (nSPS) is 17.2. The summed E-state index contributed by atoms with van der Waals surface area (Å²) >= 11 is 0. The van der Waals surface area contributed by atoms with E-state index < -0.39 is 10.0 Å². The fourth-order valence-corrected chi connectivity index (χ4v) is 4.50. The third-order valence-electron chi connectivity index (χ3n) is 4.34. The third kappa shape index (κ3) is 5.80. The summed E-state index contributed by atoms with van der Waals surface area (Å²) in [6.07, 6.45) is 3.89. The summed E-state index contributed by atoms with van der Waals surface area (Å²) in [5, 5.41) is 2.86. The maximum atomic E-state index is 12.6. The highest BCUT2D eigenvalue weighted by Crippen LogP contribution is 2.21. The van der Waals surface area contributed by atoms with Crippen LogP contribution in [0.15, 0.2) is 29.2 Å². The third-order valence-corrected chi connectivity index (χ3v) is 6.25. The second kappa shape index (κ2) is 9.31. The summed E-state index contributed by atoms with van der Waals surface area (Å²) in [5.74, 6) is -0.0328. The van der Waals surface area contributed by atoms with Gasteiger partial charge in [-0.05, 0) is 43.9 Å². The van der Waals surface area contributed by atoms with Crippen molar-refractivity contribution in [1.82, 2.24) is 9.62 Å². The summed E-state index contributed by atoms with van der Waals surface area (Å²) < 4.78 is 31.7. The second-order valence-corrected chi connectivity index (χ2v) is 8.47. The van der Waals surface area contributed by atoms with E-state index in [1.54, 1.807) is 35.7 Å². The topological polar surface area (TPSA) is 75.7 Å². The number of benzene rings is 1. The van der Waals surface area contributed by atoms with Crippen LogP contribution in [0.5, 0.6) is 0 Å². The molecule has 1 atom stereocenters. The number of nitrogens with one attached hydrogen (secondary N) is 1. The molecule has 1 fully saturated rings. The number of ether oxygens (including phenoxy) is 1. The predicted octanol–water partition coefficient (Wildman–Crippen LogP) is 1.94. The fourth-order valence-electron chi connectivity index (χ4n) is 2.98. The first-order valence-corrected chi connectivity index (χ1v) is 10.2. The SMILES string of the molecule is COC[C@@H](C)NC(=O)CCc1ccc(S(=O)(=O)N2CCCCC2)cc1. The number of carbonyl (C=O) groups is 1. The maximum Gasteiger partial charge on any atom is 0.243 e. The van der Waals surface area contributed by atoms with E-state index in [1.165, 1.54) is 0 Å². The smallest absolute Gasteiger partial charge is 0.243 e. The molecule has 1 aromatic carbocycles. The molecule has 0 bridgehead atoms. The van der Waals surface area contributed by atoms with E-state index in [1.807, 2.05) is 6.92 Å².